The number of ether oxygens (including phenoxy) is 1. The van der Waals surface area contributed by atoms with E-state index in [0.717, 1.165) is 11.4 Å². The number of carbonyl (C=O) groups excluding carboxylic acids is 3. The molecular weight excluding hydrogens is 436 g/mol. The minimum absolute atomic E-state index is 0.137. The number of hydrogen-bond acceptors (Lipinski definition) is 9. The molecule has 2 aliphatic rings. The van der Waals surface area contributed by atoms with E-state index in [0.29, 0.717) is 11.5 Å². The molecule has 34 heavy (non-hydrogen) atoms. The molecule has 0 bridgehead atoms. The van der Waals surface area contributed by atoms with Gasteiger partial charge in [0.05, 0.1) is 17.1 Å². The van der Waals surface area contributed by atoms with E-state index in [9.17, 15) is 19.6 Å². The molecule has 0 aliphatic carbocycles. The number of nitriles is 1. The van der Waals surface area contributed by atoms with Crippen molar-refractivity contribution in [1.29, 1.82) is 5.26 Å². The molecule has 10 heteroatoms. The van der Waals surface area contributed by atoms with Crippen molar-refractivity contribution in [1.82, 2.24) is 5.43 Å². The molecule has 0 spiro atoms. The number of nitrogens with zero attached hydrogens (tertiary/aromatic N) is 5. The Morgan fingerprint density at radius 3 is 2.24 bits per heavy atom. The zero-order valence-corrected chi connectivity index (χ0v) is 18.8. The highest BCUT2D eigenvalue weighted by molar-refractivity contribution is 6.37. The quantitative estimate of drug-likeness (QED) is 0.409. The van der Waals surface area contributed by atoms with Gasteiger partial charge in [0.15, 0.2) is 6.61 Å². The summed E-state index contributed by atoms with van der Waals surface area (Å²) in [4.78, 5) is 45.5. The van der Waals surface area contributed by atoms with Crippen LogP contribution in [0.4, 0.5) is 17.1 Å². The minimum Gasteiger partial charge on any atom is -0.451 e. The Bertz CT molecular complexity index is 1230. The summed E-state index contributed by atoms with van der Waals surface area (Å²) in [5.41, 5.74) is 4.73. The van der Waals surface area contributed by atoms with Gasteiger partial charge in [-0.2, -0.15) is 5.26 Å². The van der Waals surface area contributed by atoms with E-state index in [1.54, 1.807) is 61.2 Å². The summed E-state index contributed by atoms with van der Waals surface area (Å²) < 4.78 is 5.16. The molecule has 0 radical (unpaired) electrons. The Morgan fingerprint density at radius 1 is 1.06 bits per heavy atom. The molecule has 0 saturated heterocycles. The smallest absolute Gasteiger partial charge is 0.375 e. The zero-order valence-electron chi connectivity index (χ0n) is 18.8. The summed E-state index contributed by atoms with van der Waals surface area (Å²) in [6, 6.07) is 17.3. The molecule has 2 aliphatic heterocycles. The maximum absolute atomic E-state index is 12.9. The Balaban J connectivity index is 1.49. The normalized spacial score (nSPS) is 16.9. The Hall–Kier alpha value is -4.65. The predicted molar refractivity (Wildman–Crippen MR) is 126 cm³/mol. The lowest BCUT2D eigenvalue weighted by Crippen LogP contribution is -2.56. The van der Waals surface area contributed by atoms with Crippen LogP contribution in [0.2, 0.25) is 0 Å². The lowest BCUT2D eigenvalue weighted by Gasteiger charge is -2.30. The molecule has 0 fully saturated rings. The van der Waals surface area contributed by atoms with E-state index in [4.69, 9.17) is 4.74 Å². The van der Waals surface area contributed by atoms with Gasteiger partial charge in [-0.05, 0) is 31.2 Å². The van der Waals surface area contributed by atoms with Crippen LogP contribution in [0.15, 0.2) is 71.0 Å². The number of aliphatic imine (C=N–C) groups is 1. The third kappa shape index (κ3) is 3.95. The van der Waals surface area contributed by atoms with E-state index < -0.39 is 24.4 Å². The van der Waals surface area contributed by atoms with Crippen molar-refractivity contribution in [3.8, 4) is 6.07 Å². The highest BCUT2D eigenvalue weighted by Crippen LogP contribution is 2.40. The van der Waals surface area contributed by atoms with Crippen molar-refractivity contribution in [3.05, 3.63) is 66.0 Å². The van der Waals surface area contributed by atoms with Gasteiger partial charge in [0.1, 0.15) is 23.5 Å². The van der Waals surface area contributed by atoms with Crippen LogP contribution in [-0.2, 0) is 19.1 Å². The lowest BCUT2D eigenvalue weighted by molar-refractivity contribution is -0.140. The number of ketones is 1. The summed E-state index contributed by atoms with van der Waals surface area (Å²) in [6.07, 6.45) is 0. The second-order valence-electron chi connectivity index (χ2n) is 7.69. The van der Waals surface area contributed by atoms with Crippen molar-refractivity contribution in [2.24, 2.45) is 4.99 Å². The molecule has 2 heterocycles. The first-order valence-electron chi connectivity index (χ1n) is 10.5. The summed E-state index contributed by atoms with van der Waals surface area (Å²) in [6.45, 7) is 0.900. The third-order valence-corrected chi connectivity index (χ3v) is 5.51. The van der Waals surface area contributed by atoms with Crippen LogP contribution in [0.3, 0.4) is 0 Å². The number of esters is 1. The Morgan fingerprint density at radius 2 is 1.65 bits per heavy atom. The topological polar surface area (TPSA) is 118 Å². The molecule has 2 aromatic rings. The number of rotatable bonds is 5. The Kier molecular flexibility index (Phi) is 6.01. The molecule has 0 saturated carbocycles. The van der Waals surface area contributed by atoms with E-state index in [1.165, 1.54) is 5.01 Å². The molecule has 172 valence electrons. The second kappa shape index (κ2) is 9.07. The van der Waals surface area contributed by atoms with Gasteiger partial charge in [0.25, 0.3) is 5.91 Å². The monoisotopic (exact) mass is 458 g/mol. The number of para-hydroxylation sites is 3. The first-order chi connectivity index (χ1) is 16.3. The number of amidine groups is 1. The first-order valence-corrected chi connectivity index (χ1v) is 10.5. The average molecular weight is 458 g/mol. The maximum Gasteiger partial charge on any atom is 0.375 e. The number of hydrazine groups is 1. The average Bonchev–Trinajstić information content (AvgIpc) is 3.10. The largest absolute Gasteiger partial charge is 0.451 e. The van der Waals surface area contributed by atoms with Crippen LogP contribution in [0.1, 0.15) is 6.92 Å². The van der Waals surface area contributed by atoms with Crippen LogP contribution in [0.25, 0.3) is 0 Å². The van der Waals surface area contributed by atoms with Crippen molar-refractivity contribution in [2.45, 2.75) is 13.0 Å². The number of Topliss-reactive ketones (excluding diaryl/α,β-unsaturated/α-hetero) is 1. The molecule has 0 aromatic heterocycles. The van der Waals surface area contributed by atoms with Gasteiger partial charge in [0, 0.05) is 14.1 Å². The molecule has 0 unspecified atom stereocenters. The zero-order chi connectivity index (χ0) is 24.4. The summed E-state index contributed by atoms with van der Waals surface area (Å²) >= 11 is 0. The van der Waals surface area contributed by atoms with E-state index in [1.807, 2.05) is 30.3 Å². The van der Waals surface area contributed by atoms with E-state index >= 15 is 0 Å². The maximum atomic E-state index is 12.9. The first kappa shape index (κ1) is 22.5. The summed E-state index contributed by atoms with van der Waals surface area (Å²) in [5, 5.41) is 10.9. The molecule has 1 amide bonds. The lowest BCUT2D eigenvalue weighted by atomic mass is 10.2. The van der Waals surface area contributed by atoms with Gasteiger partial charge >= 0.3 is 5.97 Å². The molecule has 4 rings (SSSR count). The van der Waals surface area contributed by atoms with Crippen LogP contribution in [0, 0.1) is 11.3 Å². The molecule has 1 N–H and O–H groups in total. The van der Waals surface area contributed by atoms with Crippen molar-refractivity contribution < 1.29 is 19.1 Å². The van der Waals surface area contributed by atoms with Gasteiger partial charge in [-0.1, -0.05) is 30.3 Å². The number of anilines is 3. The number of amides is 1. The number of fused-ring (bicyclic) bond motifs is 1. The standard InChI is InChI=1S/C24H22N6O4/c1-15-23(32)30(16-9-5-4-6-10-16)27-21(26-15)24(33)34-14-20(31)17(13-25)22-28(2)18-11-7-8-12-19(18)29(22)3/h4-12,15H,14H2,1-3H3,(H,26,27)/t15-/m1/s1. The van der Waals surface area contributed by atoms with Crippen LogP contribution >= 0.6 is 0 Å². The van der Waals surface area contributed by atoms with E-state index in [2.05, 4.69) is 10.4 Å². The van der Waals surface area contributed by atoms with Gasteiger partial charge in [0.2, 0.25) is 11.6 Å². The number of carbonyl (C=O) groups is 3. The highest BCUT2D eigenvalue weighted by atomic mass is 16.5. The molecule has 10 nitrogen and oxygen atoms in total. The van der Waals surface area contributed by atoms with E-state index in [-0.39, 0.29) is 17.3 Å². The number of hydrogen-bond donors (Lipinski definition) is 1. The fourth-order valence-corrected chi connectivity index (χ4v) is 3.82. The number of benzene rings is 2. The van der Waals surface area contributed by atoms with Crippen LogP contribution in [0.5, 0.6) is 0 Å². The van der Waals surface area contributed by atoms with Crippen molar-refractivity contribution in [3.63, 3.8) is 0 Å². The Labute approximate surface area is 196 Å². The van der Waals surface area contributed by atoms with Crippen molar-refractivity contribution >= 4 is 40.6 Å². The van der Waals surface area contributed by atoms with Crippen LogP contribution < -0.4 is 20.2 Å². The van der Waals surface area contributed by atoms with Gasteiger partial charge in [-0.3, -0.25) is 15.0 Å². The SMILES string of the molecule is C[C@H]1N=C(C(=O)OCC(=O)C(C#N)=C2N(C)c3ccccc3N2C)NN(c2ccccc2)C1=O. The second-order valence-corrected chi connectivity index (χ2v) is 7.69. The highest BCUT2D eigenvalue weighted by Gasteiger charge is 2.34. The van der Waals surface area contributed by atoms with Gasteiger partial charge < -0.3 is 14.5 Å². The minimum atomic E-state index is -0.910. The summed E-state index contributed by atoms with van der Waals surface area (Å²) in [5.74, 6) is -1.72. The fourth-order valence-electron chi connectivity index (χ4n) is 3.82. The van der Waals surface area contributed by atoms with Crippen LogP contribution in [-0.4, -0.2) is 50.2 Å². The molecule has 2 aromatic carbocycles. The molecule has 1 atom stereocenters. The fraction of sp³-hybridized carbons (Fsp3) is 0.208. The van der Waals surface area contributed by atoms with Gasteiger partial charge in [-0.15, -0.1) is 0 Å². The third-order valence-electron chi connectivity index (χ3n) is 5.51. The number of nitrogens with one attached hydrogen (secondary N) is 1. The van der Waals surface area contributed by atoms with Gasteiger partial charge in [-0.25, -0.2) is 14.8 Å². The molecular formula is C24H22N6O4. The predicted octanol–water partition coefficient (Wildman–Crippen LogP) is 1.76. The summed E-state index contributed by atoms with van der Waals surface area (Å²) in [7, 11) is 3.51. The van der Waals surface area contributed by atoms with Crippen molar-refractivity contribution in [2.75, 3.05) is 35.5 Å².